The number of esters is 1. The molecule has 19 nitrogen and oxygen atoms in total. The summed E-state index contributed by atoms with van der Waals surface area (Å²) in [5.41, 5.74) is 0.838. The van der Waals surface area contributed by atoms with Gasteiger partial charge in [-0.15, -0.1) is 0 Å². The largest absolute Gasteiger partial charge is 0.457 e. The molecule has 2 bridgehead atoms. The Balaban J connectivity index is 1.00. The standard InChI is InChI=1S/C66H87ClF3N5O14S/c1-38-29-39(2)31-56(85-7)59-57(86-8)33-41(4)65(83,89-59)60(78)62(80)75-26-10-9-16-53(75)63(81)88-58(40(3)32-43-13-11-15-48(34-43)84-6)42(5)54(76)37-55(77)44(30-38)14-12-27-90-28-25-72-61(79)52-36-49(23-24-71-52)87-47-20-17-45(18-21-47)73-64(82)74-46-19-22-51(67)50(35-46)66(68,69)70/h17-24,30,32,35-36,39,41-44,48,53-54,56-59,76,83H,9-16,25-29,31,33-34,37H2,1-8H3,(H,72,79)(H2,73,74,82)/b38-30+,40-32+/t39-,41+,42+,43-,44+,48-,53-,54-,56-,57-,58+,59+,65+/m0/s1. The molecule has 3 aromatic rings. The highest BCUT2D eigenvalue weighted by molar-refractivity contribution is 7.99. The van der Waals surface area contributed by atoms with Crippen LogP contribution in [0.4, 0.5) is 29.3 Å². The van der Waals surface area contributed by atoms with E-state index in [1.807, 2.05) is 26.8 Å². The fourth-order valence-electron chi connectivity index (χ4n) is 12.6. The second-order valence-electron chi connectivity index (χ2n) is 24.4. The van der Waals surface area contributed by atoms with E-state index in [0.717, 1.165) is 43.4 Å². The number of nitrogens with zero attached hydrogens (tertiary/aromatic N) is 2. The van der Waals surface area contributed by atoms with Crippen LogP contribution in [0.1, 0.15) is 134 Å². The van der Waals surface area contributed by atoms with E-state index in [1.165, 1.54) is 49.6 Å². The highest BCUT2D eigenvalue weighted by Crippen LogP contribution is 2.41. The van der Waals surface area contributed by atoms with Gasteiger partial charge in [-0.25, -0.2) is 9.59 Å². The van der Waals surface area contributed by atoms with Gasteiger partial charge in [-0.05, 0) is 156 Å². The van der Waals surface area contributed by atoms with Gasteiger partial charge >= 0.3 is 18.2 Å². The first-order chi connectivity index (χ1) is 42.8. The smallest absolute Gasteiger partial charge is 0.417 e. The number of fused-ring (bicyclic) bond motifs is 3. The van der Waals surface area contributed by atoms with Crippen molar-refractivity contribution in [3.8, 4) is 11.5 Å². The number of carbonyl (C=O) groups is 6. The lowest BCUT2D eigenvalue weighted by atomic mass is 9.82. The van der Waals surface area contributed by atoms with Crippen LogP contribution in [0.2, 0.25) is 5.02 Å². The molecular weight excluding hydrogens is 1210 g/mol. The average Bonchev–Trinajstić information content (AvgIpc) is 0.875. The van der Waals surface area contributed by atoms with Crippen LogP contribution in [0.15, 0.2) is 84.1 Å². The molecule has 0 spiro atoms. The maximum atomic E-state index is 14.7. The summed E-state index contributed by atoms with van der Waals surface area (Å²) in [5, 5.41) is 31.7. The quantitative estimate of drug-likeness (QED) is 0.0365. The molecule has 2 aromatic carbocycles. The molecule has 24 heteroatoms. The summed E-state index contributed by atoms with van der Waals surface area (Å²) in [6.07, 6.45) is 2.99. The molecule has 4 aliphatic rings. The van der Waals surface area contributed by atoms with E-state index in [1.54, 1.807) is 50.9 Å². The maximum Gasteiger partial charge on any atom is 0.417 e. The molecule has 3 aliphatic heterocycles. The number of alkyl halides is 3. The number of urea groups is 1. The molecule has 4 heterocycles. The van der Waals surface area contributed by atoms with Gasteiger partial charge in [-0.3, -0.25) is 24.2 Å². The fourth-order valence-corrected chi connectivity index (χ4v) is 13.6. The van der Waals surface area contributed by atoms with Crippen LogP contribution in [0.5, 0.6) is 11.5 Å². The Morgan fingerprint density at radius 3 is 2.30 bits per heavy atom. The second-order valence-corrected chi connectivity index (χ2v) is 26.0. The third-order valence-electron chi connectivity index (χ3n) is 17.5. The van der Waals surface area contributed by atoms with E-state index in [0.29, 0.717) is 79.3 Å². The molecule has 0 radical (unpaired) electrons. The number of carbonyl (C=O) groups excluding carboxylic acids is 6. The monoisotopic (exact) mass is 1300 g/mol. The number of thioether (sulfide) groups is 1. The summed E-state index contributed by atoms with van der Waals surface area (Å²) in [7, 11) is 4.71. The van der Waals surface area contributed by atoms with Gasteiger partial charge in [-0.1, -0.05) is 56.5 Å². The lowest BCUT2D eigenvalue weighted by molar-refractivity contribution is -0.302. The number of ether oxygens (including phenoxy) is 6. The van der Waals surface area contributed by atoms with Crippen LogP contribution in [0.3, 0.4) is 0 Å². The van der Waals surface area contributed by atoms with Crippen molar-refractivity contribution in [1.29, 1.82) is 0 Å². The number of aliphatic hydroxyl groups excluding tert-OH is 1. The topological polar surface area (TPSA) is 250 Å². The van der Waals surface area contributed by atoms with Gasteiger partial charge in [0.1, 0.15) is 41.2 Å². The van der Waals surface area contributed by atoms with Gasteiger partial charge in [0, 0.05) is 88.0 Å². The Morgan fingerprint density at radius 2 is 1.59 bits per heavy atom. The van der Waals surface area contributed by atoms with Crippen molar-refractivity contribution in [3.63, 3.8) is 0 Å². The molecule has 13 atom stereocenters. The predicted octanol–water partition coefficient (Wildman–Crippen LogP) is 11.5. The summed E-state index contributed by atoms with van der Waals surface area (Å²) in [6, 6.07) is 10.3. The number of aliphatic hydroxyl groups is 2. The Bertz CT molecular complexity index is 3030. The van der Waals surface area contributed by atoms with E-state index in [4.69, 9.17) is 40.0 Å². The first-order valence-corrected chi connectivity index (χ1v) is 32.5. The zero-order chi connectivity index (χ0) is 65.5. The Labute approximate surface area is 534 Å². The molecule has 494 valence electrons. The molecule has 1 aliphatic carbocycles. The Hall–Kier alpha value is -5.92. The number of ketones is 2. The van der Waals surface area contributed by atoms with Gasteiger partial charge < -0.3 is 59.5 Å². The van der Waals surface area contributed by atoms with Gasteiger partial charge in [-0.2, -0.15) is 24.9 Å². The van der Waals surface area contributed by atoms with E-state index in [2.05, 4.69) is 27.0 Å². The summed E-state index contributed by atoms with van der Waals surface area (Å²) >= 11 is 7.28. The number of cyclic esters (lactones) is 1. The zero-order valence-corrected chi connectivity index (χ0v) is 54.1. The molecule has 3 fully saturated rings. The van der Waals surface area contributed by atoms with Crippen LogP contribution >= 0.6 is 23.4 Å². The van der Waals surface area contributed by atoms with E-state index in [-0.39, 0.29) is 60.9 Å². The first-order valence-electron chi connectivity index (χ1n) is 31.0. The third-order valence-corrected chi connectivity index (χ3v) is 18.9. The van der Waals surface area contributed by atoms with Crippen molar-refractivity contribution in [2.45, 2.75) is 173 Å². The maximum absolute atomic E-state index is 14.7. The highest BCUT2D eigenvalue weighted by atomic mass is 35.5. The number of Topliss-reactive ketones (excluding diaryl/α,β-unsaturated/α-hetero) is 2. The molecular formula is C66H87ClF3N5O14S. The van der Waals surface area contributed by atoms with E-state index in [9.17, 15) is 52.2 Å². The number of pyridine rings is 1. The molecule has 5 N–H and O–H groups in total. The molecule has 90 heavy (non-hydrogen) atoms. The van der Waals surface area contributed by atoms with Gasteiger partial charge in [0.2, 0.25) is 5.79 Å². The summed E-state index contributed by atoms with van der Waals surface area (Å²) < 4.78 is 76.2. The van der Waals surface area contributed by atoms with Gasteiger partial charge in [0.25, 0.3) is 17.6 Å². The van der Waals surface area contributed by atoms with Crippen LogP contribution < -0.4 is 20.7 Å². The van der Waals surface area contributed by atoms with Crippen molar-refractivity contribution in [2.24, 2.45) is 29.6 Å². The summed E-state index contributed by atoms with van der Waals surface area (Å²) in [6.45, 7) is 9.57. The van der Waals surface area contributed by atoms with Crippen LogP contribution in [-0.2, 0) is 49.0 Å². The van der Waals surface area contributed by atoms with Crippen LogP contribution in [0.25, 0.3) is 0 Å². The van der Waals surface area contributed by atoms with E-state index < -0.39 is 106 Å². The Kier molecular flexibility index (Phi) is 26.3. The number of hydrogen-bond acceptors (Lipinski definition) is 16. The highest BCUT2D eigenvalue weighted by Gasteiger charge is 2.57. The third kappa shape index (κ3) is 19.3. The van der Waals surface area contributed by atoms with Crippen molar-refractivity contribution in [2.75, 3.05) is 56.6 Å². The number of piperidine rings is 1. The van der Waals surface area contributed by atoms with Gasteiger partial charge in [0.05, 0.1) is 35.0 Å². The minimum absolute atomic E-state index is 0.0560. The molecule has 1 saturated carbocycles. The van der Waals surface area contributed by atoms with Crippen LogP contribution in [-0.4, -0.2) is 150 Å². The number of halogens is 4. The summed E-state index contributed by atoms with van der Waals surface area (Å²) in [5.74, 6) is -6.56. The lowest BCUT2D eigenvalue weighted by Crippen LogP contribution is -2.64. The number of benzene rings is 2. The molecule has 1 aromatic heterocycles. The number of allylic oxidation sites excluding steroid dienone is 3. The van der Waals surface area contributed by atoms with E-state index >= 15 is 0 Å². The van der Waals surface area contributed by atoms with Crippen molar-refractivity contribution < 1.29 is 80.6 Å². The Morgan fingerprint density at radius 1 is 0.878 bits per heavy atom. The number of amides is 4. The number of aromatic nitrogens is 1. The SMILES string of the molecule is CO[C@H]1CCC[C@@H](/C=C(\C)[C@H]2OC(=O)[C@@H]3CCCCN3C(=O)C(=O)[C@]3(O)O[C@H]([C@@H](OC)C[C@@H](C)C/C(C)=C/[C@@H](CCCSCCNC(=O)c4cc(Oc5ccc(NC(=O)Nc6ccc(Cl)c(C(F)(F)F)c6)cc5)ccn4)C(=O)C[C@H](O)[C@H]2C)[C@@H](OC)C[C@H]3C)C1. The number of nitrogens with one attached hydrogen (secondary N) is 3. The van der Waals surface area contributed by atoms with Crippen LogP contribution in [0, 0.1) is 29.6 Å². The minimum atomic E-state index is -4.70. The predicted molar refractivity (Wildman–Crippen MR) is 335 cm³/mol. The zero-order valence-electron chi connectivity index (χ0n) is 52.5. The number of methoxy groups -OCH3 is 3. The number of rotatable bonds is 17. The van der Waals surface area contributed by atoms with Gasteiger partial charge in [0.15, 0.2) is 0 Å². The van der Waals surface area contributed by atoms with Crippen molar-refractivity contribution in [3.05, 3.63) is 100 Å². The number of hydrogen-bond donors (Lipinski definition) is 5. The second kappa shape index (κ2) is 33.1. The van der Waals surface area contributed by atoms with Crippen molar-refractivity contribution >= 4 is 70.1 Å². The lowest BCUT2D eigenvalue weighted by Gasteiger charge is -2.47. The fraction of sp³-hybridized carbons (Fsp3) is 0.591. The number of anilines is 2. The van der Waals surface area contributed by atoms with Crippen molar-refractivity contribution in [1.82, 2.24) is 15.2 Å². The minimum Gasteiger partial charge on any atom is -0.457 e. The molecule has 4 amide bonds. The average molecular weight is 1300 g/mol. The normalized spacial score (nSPS) is 29.4. The molecule has 7 rings (SSSR count). The summed E-state index contributed by atoms with van der Waals surface area (Å²) in [4.78, 5) is 89.4. The molecule has 0 unspecified atom stereocenters. The first kappa shape index (κ1) is 71.5. The molecule has 2 saturated heterocycles.